The fourth-order valence-electron chi connectivity index (χ4n) is 13.1. The molecule has 0 atom stereocenters. The molecule has 150 heavy (non-hydrogen) atoms. The summed E-state index contributed by atoms with van der Waals surface area (Å²) >= 11 is 0. The smallest absolute Gasteiger partial charge is 0.418 e. The van der Waals surface area contributed by atoms with E-state index >= 15 is 0 Å². The Hall–Kier alpha value is -20.0. The first-order valence-electron chi connectivity index (χ1n) is 45.3. The van der Waals surface area contributed by atoms with Crippen molar-refractivity contribution in [1.82, 2.24) is 0 Å². The molecule has 0 aliphatic heterocycles. The van der Waals surface area contributed by atoms with Gasteiger partial charge in [0.2, 0.25) is 0 Å². The van der Waals surface area contributed by atoms with Gasteiger partial charge in [0.25, 0.3) is 0 Å². The maximum atomic E-state index is 12.9. The van der Waals surface area contributed by atoms with Gasteiger partial charge < -0.3 is 99.2 Å². The van der Waals surface area contributed by atoms with E-state index in [1.54, 1.807) is 87.0 Å². The summed E-state index contributed by atoms with van der Waals surface area (Å²) in [6.45, 7) is 7.81. The number of azo groups is 7. The van der Waals surface area contributed by atoms with Crippen molar-refractivity contribution in [2.75, 3.05) is 109 Å². The first-order valence-corrected chi connectivity index (χ1v) is 45.3. The maximum Gasteiger partial charge on any atom is 0.418 e. The Balaban J connectivity index is 0.000000180. The van der Waals surface area contributed by atoms with E-state index in [-0.39, 0.29) is 33.9 Å². The van der Waals surface area contributed by atoms with E-state index in [1.807, 2.05) is 173 Å². The van der Waals surface area contributed by atoms with Crippen LogP contribution in [0.1, 0.15) is 76.4 Å². The highest BCUT2D eigenvalue weighted by Crippen LogP contribution is 2.43. The van der Waals surface area contributed by atoms with Gasteiger partial charge in [-0.25, -0.2) is 9.59 Å². The van der Waals surface area contributed by atoms with E-state index in [9.17, 15) is 35.9 Å². The molecule has 0 amide bonds. The van der Waals surface area contributed by atoms with Crippen LogP contribution < -0.4 is 89.7 Å². The van der Waals surface area contributed by atoms with Crippen molar-refractivity contribution in [2.24, 2.45) is 71.6 Å². The number of benzene rings is 16. The first-order chi connectivity index (χ1) is 71.6. The van der Waals surface area contributed by atoms with Gasteiger partial charge in [-0.1, -0.05) is 48.5 Å². The highest BCUT2D eigenvalue weighted by atomic mass is 19.4. The van der Waals surface area contributed by atoms with Gasteiger partial charge in [0, 0.05) is 91.8 Å². The number of anilines is 14. The van der Waals surface area contributed by atoms with Gasteiger partial charge in [-0.3, -0.25) is 0 Å². The van der Waals surface area contributed by atoms with Gasteiger partial charge in [0.15, 0.2) is 0 Å². The fraction of sp³-hybridized carbons (Fsp3) is 0.109. The van der Waals surface area contributed by atoms with E-state index in [4.69, 9.17) is 89.7 Å². The molecule has 28 N–H and O–H groups in total. The second-order valence-electron chi connectivity index (χ2n) is 32.9. The van der Waals surface area contributed by atoms with Crippen LogP contribution in [0.4, 0.5) is 186 Å². The number of carbonyl (C=O) groups excluding carboxylic acids is 2. The molecule has 0 heterocycles. The molecule has 0 aromatic heterocycles. The number of hydrogen-bond acceptors (Lipinski definition) is 34. The van der Waals surface area contributed by atoms with Gasteiger partial charge in [-0.2, -0.15) is 77.5 Å². The number of ether oxygens (including phenoxy) is 4. The van der Waals surface area contributed by atoms with E-state index in [0.29, 0.717) is 69.1 Å². The van der Waals surface area contributed by atoms with E-state index in [0.717, 1.165) is 139 Å². The van der Waals surface area contributed by atoms with Crippen molar-refractivity contribution in [3.8, 4) is 11.5 Å². The van der Waals surface area contributed by atoms with Crippen LogP contribution in [0.3, 0.4) is 0 Å². The molecule has 0 bridgehead atoms. The minimum Gasteiger partial charge on any atom is -0.494 e. The number of carbonyl (C=O) groups is 2. The molecule has 16 rings (SSSR count). The number of rotatable bonds is 22. The first kappa shape index (κ1) is 112. The summed E-state index contributed by atoms with van der Waals surface area (Å²) in [6, 6.07) is 93.8. The van der Waals surface area contributed by atoms with Gasteiger partial charge >= 0.3 is 24.3 Å². The van der Waals surface area contributed by atoms with E-state index in [1.165, 1.54) is 60.7 Å². The molecule has 0 aliphatic rings. The summed E-state index contributed by atoms with van der Waals surface area (Å²) in [6.07, 6.45) is -7.82. The standard InChI is InChI=1S/C26H24N4.C16H16N4O4.C14H10F6N4.C14H16N4O2.2C14H16N4.C12H12N4/c27-23-9-1-19(2-10-23)17-21-5-13-25(14-6-21)29-30-26-15-7-22(8-16-26)18-20-3-11-24(28)12-4-20;1-23-15(21)11-7-9(3-5-13(11)17)19-20-10-4-6-14(18)12(8-10)16(22)24-2;15-13(16,17)9-5-7(21)1-3-11(9)23-24-12-4-2-8(22)6-10(12)14(18,19)20;1-19-13-7-9(15)3-5-11(13)17-18-12-6-4-10(16)8-14(12)20-2;1-9-7-11(3-5-13(9)15)17-18-12-4-6-14(16)10(2)8-12;1-9-7-11(15)3-5-13(9)17-18-14-6-4-12(16)8-10(14)2;13-9-1-5-11(6-2-9)15-16-12-7-3-10(14)4-8-12/h1-16H,17-18,27-28H2;3-8H,17-18H2,1-2H3;1-6H,21-22H2;3-8H,15-16H2,1-2H3;2*3-8H,15-16H2,1-2H3;1-8H,13-14H2. The second kappa shape index (κ2) is 53.9. The largest absolute Gasteiger partial charge is 0.494 e. The Morgan fingerprint density at radius 3 is 0.707 bits per heavy atom. The molecule has 34 nitrogen and oxygen atoms in total. The SMILES string of the molecule is COC(=O)c1cc(N=Nc2ccc(N)c(C(=O)OC)c2)ccc1N.COc1cc(N)ccc1N=Nc1ccc(N)cc1OC.Cc1cc(N)ccc1N=Nc1ccc(N)cc1C.Cc1cc(N=Nc2ccc(N)c(C)c2)ccc1N.Nc1ccc(Cc2ccc(N=Nc3ccc(Cc4ccc(N)cc4)cc3)cc2)cc1.Nc1ccc(N=Nc2ccc(N)cc2)cc1.Nc1ccc(N=Nc2ccc(N)cc2C(F)(F)F)c(C(F)(F)F)c1. The average molecular weight is 2030 g/mol. The quantitative estimate of drug-likeness (QED) is 0.0130. The van der Waals surface area contributed by atoms with Crippen LogP contribution in [0, 0.1) is 27.7 Å². The van der Waals surface area contributed by atoms with Gasteiger partial charge in [0.1, 0.15) is 22.9 Å². The zero-order valence-electron chi connectivity index (χ0n) is 82.7. The number of aryl methyl sites for hydroxylation is 4. The second-order valence-corrected chi connectivity index (χ2v) is 32.9. The molecule has 0 unspecified atom stereocenters. The Morgan fingerprint density at radius 1 is 0.220 bits per heavy atom. The number of nitrogen functional groups attached to an aromatic ring is 14. The minimum atomic E-state index is -4.78. The molecule has 0 spiro atoms. The molecule has 768 valence electrons. The van der Waals surface area contributed by atoms with Crippen LogP contribution in [-0.4, -0.2) is 40.4 Å². The summed E-state index contributed by atoms with van der Waals surface area (Å²) < 4.78 is 97.2. The fourth-order valence-corrected chi connectivity index (χ4v) is 13.1. The number of halogens is 6. The van der Waals surface area contributed by atoms with E-state index in [2.05, 4.69) is 130 Å². The highest BCUT2D eigenvalue weighted by molar-refractivity contribution is 5.97. The van der Waals surface area contributed by atoms with Crippen molar-refractivity contribution in [3.63, 3.8) is 0 Å². The van der Waals surface area contributed by atoms with Gasteiger partial charge in [0.05, 0.1) is 119 Å². The molecule has 16 aromatic carbocycles. The Bertz CT molecular complexity index is 7090. The van der Waals surface area contributed by atoms with Crippen molar-refractivity contribution in [1.29, 1.82) is 0 Å². The van der Waals surface area contributed by atoms with Crippen LogP contribution in [0.25, 0.3) is 0 Å². The Morgan fingerprint density at radius 2 is 0.433 bits per heavy atom. The van der Waals surface area contributed by atoms with Crippen LogP contribution >= 0.6 is 0 Å². The monoisotopic (exact) mass is 2030 g/mol. The number of alkyl halides is 6. The lowest BCUT2D eigenvalue weighted by Gasteiger charge is -2.11. The molecule has 0 fully saturated rings. The van der Waals surface area contributed by atoms with Crippen molar-refractivity contribution < 1.29 is 54.9 Å². The predicted octanol–water partition coefficient (Wildman–Crippen LogP) is 28.9. The summed E-state index contributed by atoms with van der Waals surface area (Å²) in [5.41, 5.74) is 100. The lowest BCUT2D eigenvalue weighted by Crippen LogP contribution is -2.06. The minimum absolute atomic E-state index is 0.162. The number of nitrogens with two attached hydrogens (primary N) is 14. The van der Waals surface area contributed by atoms with Gasteiger partial charge in [-0.15, -0.1) is 20.5 Å². The lowest BCUT2D eigenvalue weighted by atomic mass is 10.0. The third kappa shape index (κ3) is 35.6. The lowest BCUT2D eigenvalue weighted by molar-refractivity contribution is -0.138. The normalized spacial score (nSPS) is 11.2. The van der Waals surface area contributed by atoms with Crippen LogP contribution in [0.2, 0.25) is 0 Å². The summed E-state index contributed by atoms with van der Waals surface area (Å²) in [7, 11) is 5.63. The molecular weight excluding hydrogens is 1920 g/mol. The molecule has 16 aromatic rings. The number of nitrogens with zero attached hydrogens (tertiary/aromatic N) is 14. The molecule has 0 saturated heterocycles. The number of methoxy groups -OCH3 is 4. The third-order valence-corrected chi connectivity index (χ3v) is 21.2. The van der Waals surface area contributed by atoms with Crippen molar-refractivity contribution in [3.05, 3.63) is 394 Å². The van der Waals surface area contributed by atoms with Crippen LogP contribution in [0.15, 0.2) is 399 Å². The van der Waals surface area contributed by atoms with Gasteiger partial charge in [-0.05, 0) is 352 Å². The summed E-state index contributed by atoms with van der Waals surface area (Å²) in [4.78, 5) is 23.2. The molecule has 0 radical (unpaired) electrons. The Kier molecular flexibility index (Phi) is 40.3. The highest BCUT2D eigenvalue weighted by Gasteiger charge is 2.36. The molecule has 0 aliphatic carbocycles. The topological polar surface area (TPSA) is 608 Å². The summed E-state index contributed by atoms with van der Waals surface area (Å²) in [5, 5.41) is 56.6. The van der Waals surface area contributed by atoms with E-state index < -0.39 is 46.8 Å². The van der Waals surface area contributed by atoms with Crippen molar-refractivity contribution in [2.45, 2.75) is 52.9 Å². The number of hydrogen-bond donors (Lipinski definition) is 14. The molecular formula is C110H110F6N28O6. The molecule has 40 heteroatoms. The molecule has 0 saturated carbocycles. The van der Waals surface area contributed by atoms with Crippen LogP contribution in [-0.2, 0) is 34.7 Å². The zero-order valence-corrected chi connectivity index (χ0v) is 82.7. The van der Waals surface area contributed by atoms with Crippen LogP contribution in [0.5, 0.6) is 11.5 Å². The summed E-state index contributed by atoms with van der Waals surface area (Å²) in [5.74, 6) is -0.0126. The average Bonchev–Trinajstić information content (AvgIpc) is 0.806. The zero-order chi connectivity index (χ0) is 109. The van der Waals surface area contributed by atoms with Crippen molar-refractivity contribution >= 4 is 171 Å². The Labute approximate surface area is 860 Å². The third-order valence-electron chi connectivity index (χ3n) is 21.2. The number of esters is 2. The predicted molar refractivity (Wildman–Crippen MR) is 584 cm³/mol. The maximum absolute atomic E-state index is 12.9.